The van der Waals surface area contributed by atoms with Gasteiger partial charge in [0.2, 0.25) is 5.91 Å². The van der Waals surface area contributed by atoms with Crippen molar-refractivity contribution in [2.45, 2.75) is 51.0 Å². The highest BCUT2D eigenvalue weighted by Crippen LogP contribution is 2.26. The first-order chi connectivity index (χ1) is 8.39. The van der Waals surface area contributed by atoms with Gasteiger partial charge in [-0.05, 0) is 39.8 Å². The first-order valence-corrected chi connectivity index (χ1v) is 7.03. The fraction of sp³-hybridized carbons (Fsp3) is 0.929. The van der Waals surface area contributed by atoms with Crippen molar-refractivity contribution in [3.8, 4) is 0 Å². The predicted molar refractivity (Wildman–Crippen MR) is 73.4 cm³/mol. The quantitative estimate of drug-likeness (QED) is 0.755. The van der Waals surface area contributed by atoms with E-state index in [2.05, 4.69) is 5.32 Å². The molecule has 0 radical (unpaired) electrons. The lowest BCUT2D eigenvalue weighted by molar-refractivity contribution is -0.123. The van der Waals surface area contributed by atoms with E-state index in [-0.39, 0.29) is 5.91 Å². The summed E-state index contributed by atoms with van der Waals surface area (Å²) in [5.41, 5.74) is -0.855. The molecule has 0 bridgehead atoms. The summed E-state index contributed by atoms with van der Waals surface area (Å²) < 4.78 is 0. The Hall–Kier alpha value is -0.610. The smallest absolute Gasteiger partial charge is 0.220 e. The number of hydrogen-bond acceptors (Lipinski definition) is 3. The van der Waals surface area contributed by atoms with Gasteiger partial charge in [0.1, 0.15) is 0 Å². The summed E-state index contributed by atoms with van der Waals surface area (Å²) in [7, 11) is 3.83. The van der Waals surface area contributed by atoms with Gasteiger partial charge >= 0.3 is 0 Å². The van der Waals surface area contributed by atoms with Crippen molar-refractivity contribution in [2.75, 3.05) is 27.2 Å². The molecule has 1 atom stereocenters. The molecule has 106 valence electrons. The molecule has 1 rings (SSSR count). The average molecular weight is 256 g/mol. The molecular formula is C14H28N2O2. The van der Waals surface area contributed by atoms with Gasteiger partial charge in [0.15, 0.2) is 0 Å². The number of hydrogen-bond donors (Lipinski definition) is 2. The standard InChI is InChI=1S/C14H28N2O2/c1-14(18,11-16(2)3)10-15-13(17)9-12-7-5-4-6-8-12/h12,18H,4-11H2,1-3H3,(H,15,17). The molecule has 0 saturated heterocycles. The van der Waals surface area contributed by atoms with Crippen molar-refractivity contribution >= 4 is 5.91 Å². The maximum Gasteiger partial charge on any atom is 0.220 e. The van der Waals surface area contributed by atoms with Crippen molar-refractivity contribution < 1.29 is 9.90 Å². The Labute approximate surface area is 111 Å². The minimum absolute atomic E-state index is 0.0842. The number of likely N-dealkylation sites (N-methyl/N-ethyl adjacent to an activating group) is 1. The highest BCUT2D eigenvalue weighted by Gasteiger charge is 2.23. The van der Waals surface area contributed by atoms with Gasteiger partial charge in [-0.1, -0.05) is 19.3 Å². The van der Waals surface area contributed by atoms with E-state index in [1.807, 2.05) is 19.0 Å². The van der Waals surface area contributed by atoms with E-state index in [1.165, 1.54) is 32.1 Å². The lowest BCUT2D eigenvalue weighted by atomic mass is 9.87. The Balaban J connectivity index is 2.23. The van der Waals surface area contributed by atoms with E-state index in [0.29, 0.717) is 25.4 Å². The zero-order valence-corrected chi connectivity index (χ0v) is 12.0. The second-order valence-electron chi connectivity index (χ2n) is 6.22. The third-order valence-electron chi connectivity index (χ3n) is 3.52. The zero-order chi connectivity index (χ0) is 13.6. The third kappa shape index (κ3) is 6.36. The third-order valence-corrected chi connectivity index (χ3v) is 3.52. The number of aliphatic hydroxyl groups is 1. The molecule has 18 heavy (non-hydrogen) atoms. The molecule has 2 N–H and O–H groups in total. The lowest BCUT2D eigenvalue weighted by Crippen LogP contribution is -2.47. The van der Waals surface area contributed by atoms with E-state index >= 15 is 0 Å². The maximum atomic E-state index is 11.8. The molecule has 0 aromatic carbocycles. The van der Waals surface area contributed by atoms with Crippen LogP contribution < -0.4 is 5.32 Å². The summed E-state index contributed by atoms with van der Waals surface area (Å²) in [5, 5.41) is 12.9. The Bertz CT molecular complexity index is 259. The van der Waals surface area contributed by atoms with Crippen LogP contribution in [-0.4, -0.2) is 48.7 Å². The summed E-state index contributed by atoms with van der Waals surface area (Å²) in [4.78, 5) is 13.7. The first-order valence-electron chi connectivity index (χ1n) is 7.03. The van der Waals surface area contributed by atoms with Crippen LogP contribution in [0, 0.1) is 5.92 Å². The van der Waals surface area contributed by atoms with Gasteiger partial charge in [0, 0.05) is 19.5 Å². The molecule has 0 aromatic heterocycles. The normalized spacial score (nSPS) is 20.7. The van der Waals surface area contributed by atoms with Crippen LogP contribution in [-0.2, 0) is 4.79 Å². The van der Waals surface area contributed by atoms with Crippen LogP contribution >= 0.6 is 0 Å². The van der Waals surface area contributed by atoms with Gasteiger partial charge in [0.05, 0.1) is 5.60 Å². The minimum Gasteiger partial charge on any atom is -0.387 e. The van der Waals surface area contributed by atoms with E-state index in [1.54, 1.807) is 6.92 Å². The van der Waals surface area contributed by atoms with E-state index in [4.69, 9.17) is 0 Å². The van der Waals surface area contributed by atoms with Crippen LogP contribution in [0.15, 0.2) is 0 Å². The molecular weight excluding hydrogens is 228 g/mol. The maximum absolute atomic E-state index is 11.8. The molecule has 1 fully saturated rings. The molecule has 4 heteroatoms. The topological polar surface area (TPSA) is 52.6 Å². The molecule has 1 aliphatic carbocycles. The van der Waals surface area contributed by atoms with Crippen LogP contribution in [0.2, 0.25) is 0 Å². The lowest BCUT2D eigenvalue weighted by Gasteiger charge is -2.27. The molecule has 0 spiro atoms. The Morgan fingerprint density at radius 3 is 2.50 bits per heavy atom. The second kappa shape index (κ2) is 7.10. The van der Waals surface area contributed by atoms with Gasteiger partial charge in [-0.15, -0.1) is 0 Å². The Morgan fingerprint density at radius 2 is 1.94 bits per heavy atom. The summed E-state index contributed by atoms with van der Waals surface area (Å²) in [6.45, 7) is 2.64. The zero-order valence-electron chi connectivity index (χ0n) is 12.0. The molecule has 1 aliphatic rings. The average Bonchev–Trinajstić information content (AvgIpc) is 2.26. The van der Waals surface area contributed by atoms with Crippen LogP contribution in [0.25, 0.3) is 0 Å². The SMILES string of the molecule is CN(C)CC(C)(O)CNC(=O)CC1CCCCC1. The highest BCUT2D eigenvalue weighted by atomic mass is 16.3. The first kappa shape index (κ1) is 15.4. The minimum atomic E-state index is -0.855. The molecule has 0 aliphatic heterocycles. The van der Waals surface area contributed by atoms with Crippen LogP contribution in [0.1, 0.15) is 45.4 Å². The van der Waals surface area contributed by atoms with Crippen molar-refractivity contribution in [1.29, 1.82) is 0 Å². The van der Waals surface area contributed by atoms with Gasteiger partial charge < -0.3 is 15.3 Å². The molecule has 1 saturated carbocycles. The number of nitrogens with zero attached hydrogens (tertiary/aromatic N) is 1. The monoisotopic (exact) mass is 256 g/mol. The summed E-state index contributed by atoms with van der Waals surface area (Å²) in [6.07, 6.45) is 6.82. The Kier molecular flexibility index (Phi) is 6.09. The van der Waals surface area contributed by atoms with Gasteiger partial charge in [0.25, 0.3) is 0 Å². The summed E-state index contributed by atoms with van der Waals surface area (Å²) in [5.74, 6) is 0.637. The van der Waals surface area contributed by atoms with Crippen molar-refractivity contribution in [3.63, 3.8) is 0 Å². The van der Waals surface area contributed by atoms with E-state index < -0.39 is 5.60 Å². The number of carbonyl (C=O) groups excluding carboxylic acids is 1. The van der Waals surface area contributed by atoms with Crippen molar-refractivity contribution in [2.24, 2.45) is 5.92 Å². The molecule has 1 amide bonds. The molecule has 0 aromatic rings. The predicted octanol–water partition coefficient (Wildman–Crippen LogP) is 1.39. The van der Waals surface area contributed by atoms with Gasteiger partial charge in [-0.3, -0.25) is 4.79 Å². The molecule has 4 nitrogen and oxygen atoms in total. The van der Waals surface area contributed by atoms with Crippen molar-refractivity contribution in [3.05, 3.63) is 0 Å². The fourth-order valence-corrected chi connectivity index (χ4v) is 2.75. The summed E-state index contributed by atoms with van der Waals surface area (Å²) in [6, 6.07) is 0. The van der Waals surface area contributed by atoms with Gasteiger partial charge in [-0.2, -0.15) is 0 Å². The van der Waals surface area contributed by atoms with Crippen LogP contribution in [0.3, 0.4) is 0 Å². The fourth-order valence-electron chi connectivity index (χ4n) is 2.75. The largest absolute Gasteiger partial charge is 0.387 e. The molecule has 0 heterocycles. The number of nitrogens with one attached hydrogen (secondary N) is 1. The van der Waals surface area contributed by atoms with Crippen molar-refractivity contribution in [1.82, 2.24) is 10.2 Å². The van der Waals surface area contributed by atoms with E-state index in [0.717, 1.165) is 0 Å². The van der Waals surface area contributed by atoms with E-state index in [9.17, 15) is 9.90 Å². The Morgan fingerprint density at radius 1 is 1.33 bits per heavy atom. The van der Waals surface area contributed by atoms with Crippen LogP contribution in [0.4, 0.5) is 0 Å². The van der Waals surface area contributed by atoms with Crippen LogP contribution in [0.5, 0.6) is 0 Å². The second-order valence-corrected chi connectivity index (χ2v) is 6.22. The molecule has 1 unspecified atom stereocenters. The number of carbonyl (C=O) groups is 1. The highest BCUT2D eigenvalue weighted by molar-refractivity contribution is 5.76. The number of rotatable bonds is 6. The number of amides is 1. The van der Waals surface area contributed by atoms with Gasteiger partial charge in [-0.25, -0.2) is 0 Å². The summed E-state index contributed by atoms with van der Waals surface area (Å²) >= 11 is 0.